The molecule has 3 rings (SSSR count). The Balaban J connectivity index is 0.00000385. The number of hydrogen-bond donors (Lipinski definition) is 2. The molecular weight excluding hydrogens is 537 g/mol. The van der Waals surface area contributed by atoms with Crippen LogP contribution in [0, 0.1) is 0 Å². The molecule has 0 spiro atoms. The molecule has 2 saturated heterocycles. The molecule has 0 radical (unpaired) electrons. The van der Waals surface area contributed by atoms with E-state index in [1.807, 2.05) is 12.1 Å². The molecule has 0 saturated carbocycles. The summed E-state index contributed by atoms with van der Waals surface area (Å²) in [7, 11) is 3.20. The maximum Gasteiger partial charge on any atom is 0.194 e. The lowest BCUT2D eigenvalue weighted by Gasteiger charge is -2.35. The van der Waals surface area contributed by atoms with Gasteiger partial charge in [0.1, 0.15) is 11.5 Å². The van der Waals surface area contributed by atoms with Crippen LogP contribution in [-0.2, 0) is 9.47 Å². The van der Waals surface area contributed by atoms with Crippen LogP contribution in [0.3, 0.4) is 0 Å². The van der Waals surface area contributed by atoms with Crippen LogP contribution in [0.4, 0.5) is 0 Å². The highest BCUT2D eigenvalue weighted by Crippen LogP contribution is 2.26. The smallest absolute Gasteiger partial charge is 0.194 e. The number of guanidine groups is 1. The number of rotatable bonds is 9. The molecule has 2 atom stereocenters. The normalized spacial score (nSPS) is 20.7. The molecule has 2 heterocycles. The molecule has 2 N–H and O–H groups in total. The Morgan fingerprint density at radius 1 is 1.15 bits per heavy atom. The van der Waals surface area contributed by atoms with Gasteiger partial charge in [-0.25, -0.2) is 0 Å². The summed E-state index contributed by atoms with van der Waals surface area (Å²) in [6, 6.07) is 5.42. The predicted octanol–water partition coefficient (Wildman–Crippen LogP) is 3.37. The second kappa shape index (κ2) is 14.9. The van der Waals surface area contributed by atoms with Crippen molar-refractivity contribution in [1.82, 2.24) is 10.2 Å². The van der Waals surface area contributed by atoms with E-state index in [1.54, 1.807) is 20.3 Å². The Morgan fingerprint density at radius 2 is 1.85 bits per heavy atom. The molecule has 8 nitrogen and oxygen atoms in total. The second-order valence-electron chi connectivity index (χ2n) is 8.36. The van der Waals surface area contributed by atoms with E-state index in [4.69, 9.17) is 23.9 Å². The number of hydrogen-bond acceptors (Lipinski definition) is 6. The Bertz CT molecular complexity index is 700. The number of methoxy groups -OCH3 is 2. The molecule has 0 bridgehead atoms. The van der Waals surface area contributed by atoms with Crippen molar-refractivity contribution in [2.45, 2.75) is 57.3 Å². The van der Waals surface area contributed by atoms with Gasteiger partial charge < -0.3 is 34.3 Å². The number of nitrogens with one attached hydrogen (secondary N) is 1. The molecule has 0 aliphatic carbocycles. The van der Waals surface area contributed by atoms with Crippen molar-refractivity contribution >= 4 is 29.9 Å². The van der Waals surface area contributed by atoms with E-state index in [1.165, 1.54) is 12.8 Å². The SMILES string of the molecule is CCNC(=NCC(O)c1cc(OC)cc(OC)c1)N1CCC(OCC2CCCCO2)CC1.I. The first-order valence-corrected chi connectivity index (χ1v) is 11.8. The summed E-state index contributed by atoms with van der Waals surface area (Å²) >= 11 is 0. The molecule has 2 aliphatic rings. The van der Waals surface area contributed by atoms with E-state index in [0.29, 0.717) is 18.1 Å². The number of likely N-dealkylation sites (tertiary alicyclic amines) is 1. The molecule has 9 heteroatoms. The third-order valence-electron chi connectivity index (χ3n) is 6.04. The zero-order chi connectivity index (χ0) is 22.8. The van der Waals surface area contributed by atoms with Gasteiger partial charge in [-0.3, -0.25) is 4.99 Å². The van der Waals surface area contributed by atoms with Crippen molar-refractivity contribution in [2.75, 3.05) is 53.6 Å². The van der Waals surface area contributed by atoms with Gasteiger partial charge in [-0.1, -0.05) is 0 Å². The molecule has 33 heavy (non-hydrogen) atoms. The minimum Gasteiger partial charge on any atom is -0.497 e. The lowest BCUT2D eigenvalue weighted by molar-refractivity contribution is -0.0721. The molecule has 2 aliphatic heterocycles. The maximum atomic E-state index is 10.7. The zero-order valence-electron chi connectivity index (χ0n) is 20.1. The standard InChI is InChI=1S/C24H39N3O5.HI/c1-4-25-24(26-16-23(28)18-13-21(29-2)15-22(14-18)30-3)27-10-8-19(9-11-27)32-17-20-7-5-6-12-31-20;/h13-15,19-20,23,28H,4-12,16-17H2,1-3H3,(H,25,26);1H. The van der Waals surface area contributed by atoms with Gasteiger partial charge in [-0.15, -0.1) is 24.0 Å². The Morgan fingerprint density at radius 3 is 2.42 bits per heavy atom. The molecule has 1 aromatic carbocycles. The zero-order valence-corrected chi connectivity index (χ0v) is 22.5. The minimum atomic E-state index is -0.746. The Hall–Kier alpha value is -1.30. The van der Waals surface area contributed by atoms with Gasteiger partial charge in [0, 0.05) is 32.3 Å². The van der Waals surface area contributed by atoms with Crippen molar-refractivity contribution < 1.29 is 24.1 Å². The quantitative estimate of drug-likeness (QED) is 0.265. The molecule has 188 valence electrons. The number of aliphatic hydroxyl groups excluding tert-OH is 1. The van der Waals surface area contributed by atoms with Crippen LogP contribution >= 0.6 is 24.0 Å². The third kappa shape index (κ3) is 8.77. The van der Waals surface area contributed by atoms with Gasteiger partial charge in [0.25, 0.3) is 0 Å². The van der Waals surface area contributed by atoms with Crippen molar-refractivity contribution in [3.05, 3.63) is 23.8 Å². The van der Waals surface area contributed by atoms with E-state index in [9.17, 15) is 5.11 Å². The van der Waals surface area contributed by atoms with Gasteiger partial charge in [0.05, 0.1) is 45.7 Å². The summed E-state index contributed by atoms with van der Waals surface area (Å²) < 4.78 is 22.5. The first-order valence-electron chi connectivity index (χ1n) is 11.8. The predicted molar refractivity (Wildman–Crippen MR) is 140 cm³/mol. The van der Waals surface area contributed by atoms with Gasteiger partial charge in [-0.05, 0) is 56.7 Å². The Kier molecular flexibility index (Phi) is 12.6. The molecular formula is C24H40IN3O5. The lowest BCUT2D eigenvalue weighted by atomic mass is 10.1. The first kappa shape index (κ1) is 27.9. The van der Waals surface area contributed by atoms with Crippen molar-refractivity contribution in [3.8, 4) is 11.5 Å². The highest BCUT2D eigenvalue weighted by atomic mass is 127. The summed E-state index contributed by atoms with van der Waals surface area (Å²) in [6.45, 7) is 6.42. The van der Waals surface area contributed by atoms with Crippen molar-refractivity contribution in [1.29, 1.82) is 0 Å². The first-order chi connectivity index (χ1) is 15.6. The van der Waals surface area contributed by atoms with E-state index in [0.717, 1.165) is 57.0 Å². The van der Waals surface area contributed by atoms with Crippen LogP contribution < -0.4 is 14.8 Å². The molecule has 0 amide bonds. The summed E-state index contributed by atoms with van der Waals surface area (Å²) in [5.74, 6) is 2.13. The number of nitrogens with zero attached hydrogens (tertiary/aromatic N) is 2. The van der Waals surface area contributed by atoms with Gasteiger partial charge in [-0.2, -0.15) is 0 Å². The third-order valence-corrected chi connectivity index (χ3v) is 6.04. The van der Waals surface area contributed by atoms with Gasteiger partial charge in [0.15, 0.2) is 5.96 Å². The van der Waals surface area contributed by atoms with E-state index in [2.05, 4.69) is 17.1 Å². The number of halogens is 1. The van der Waals surface area contributed by atoms with E-state index >= 15 is 0 Å². The van der Waals surface area contributed by atoms with Crippen LogP contribution in [0.5, 0.6) is 11.5 Å². The van der Waals surface area contributed by atoms with Crippen LogP contribution in [-0.4, -0.2) is 81.8 Å². The largest absolute Gasteiger partial charge is 0.497 e. The number of piperidine rings is 1. The van der Waals surface area contributed by atoms with E-state index < -0.39 is 6.10 Å². The Labute approximate surface area is 215 Å². The molecule has 0 aromatic heterocycles. The molecule has 2 fully saturated rings. The fraction of sp³-hybridized carbons (Fsp3) is 0.708. The maximum absolute atomic E-state index is 10.7. The number of aliphatic hydroxyl groups is 1. The van der Waals surface area contributed by atoms with Crippen molar-refractivity contribution in [3.63, 3.8) is 0 Å². The summed E-state index contributed by atoms with van der Waals surface area (Å²) in [5.41, 5.74) is 0.720. The summed E-state index contributed by atoms with van der Waals surface area (Å²) in [6.07, 6.45) is 5.23. The average Bonchev–Trinajstić information content (AvgIpc) is 2.85. The minimum absolute atomic E-state index is 0. The number of ether oxygens (including phenoxy) is 4. The van der Waals surface area contributed by atoms with Crippen LogP contribution in [0.2, 0.25) is 0 Å². The van der Waals surface area contributed by atoms with Gasteiger partial charge >= 0.3 is 0 Å². The van der Waals surface area contributed by atoms with E-state index in [-0.39, 0.29) is 42.7 Å². The van der Waals surface area contributed by atoms with Gasteiger partial charge in [0.2, 0.25) is 0 Å². The highest BCUT2D eigenvalue weighted by Gasteiger charge is 2.24. The van der Waals surface area contributed by atoms with Crippen LogP contribution in [0.1, 0.15) is 50.7 Å². The number of aliphatic imine (C=N–C) groups is 1. The average molecular weight is 578 g/mol. The number of benzene rings is 1. The van der Waals surface area contributed by atoms with Crippen LogP contribution in [0.25, 0.3) is 0 Å². The fourth-order valence-electron chi connectivity index (χ4n) is 4.14. The lowest BCUT2D eigenvalue weighted by Crippen LogP contribution is -2.47. The summed E-state index contributed by atoms with van der Waals surface area (Å²) in [5, 5.41) is 14.1. The molecule has 2 unspecified atom stereocenters. The monoisotopic (exact) mass is 577 g/mol. The second-order valence-corrected chi connectivity index (χ2v) is 8.36. The molecule has 1 aromatic rings. The summed E-state index contributed by atoms with van der Waals surface area (Å²) in [4.78, 5) is 6.96. The highest BCUT2D eigenvalue weighted by molar-refractivity contribution is 14.0. The topological polar surface area (TPSA) is 84.8 Å². The fourth-order valence-corrected chi connectivity index (χ4v) is 4.14. The van der Waals surface area contributed by atoms with Crippen LogP contribution in [0.15, 0.2) is 23.2 Å². The van der Waals surface area contributed by atoms with Crippen molar-refractivity contribution in [2.24, 2.45) is 4.99 Å².